The van der Waals surface area contributed by atoms with Crippen molar-refractivity contribution in [3.05, 3.63) is 28.2 Å². The highest BCUT2D eigenvalue weighted by molar-refractivity contribution is 5.87. The van der Waals surface area contributed by atoms with Crippen molar-refractivity contribution in [3.8, 4) is 0 Å². The Kier molecular flexibility index (Phi) is 2.03. The third-order valence-electron chi connectivity index (χ3n) is 1.88. The first-order valence-electron chi connectivity index (χ1n) is 4.43. The third kappa shape index (κ3) is 1.74. The normalized spacial score (nSPS) is 10.5. The lowest BCUT2D eigenvalue weighted by Crippen LogP contribution is -2.17. The highest BCUT2D eigenvalue weighted by Crippen LogP contribution is 2.04. The van der Waals surface area contributed by atoms with E-state index >= 15 is 0 Å². The molecule has 15 heavy (non-hydrogen) atoms. The van der Waals surface area contributed by atoms with Gasteiger partial charge in [-0.3, -0.25) is 9.59 Å². The second-order valence-electron chi connectivity index (χ2n) is 3.29. The number of H-pyrrole nitrogens is 1. The number of aromatic amines is 1. The van der Waals surface area contributed by atoms with E-state index in [-0.39, 0.29) is 11.5 Å². The number of hydrogen-bond acceptors (Lipinski definition) is 3. The van der Waals surface area contributed by atoms with Gasteiger partial charge in [0.05, 0.1) is 5.69 Å². The average Bonchev–Trinajstić information content (AvgIpc) is 2.44. The molecule has 0 aliphatic carbocycles. The molecule has 0 aliphatic heterocycles. The molecule has 0 aliphatic rings. The smallest absolute Gasteiger partial charge is 0.276 e. The van der Waals surface area contributed by atoms with Crippen LogP contribution in [0.3, 0.4) is 0 Å². The average molecular weight is 206 g/mol. The molecule has 78 valence electrons. The second-order valence-corrected chi connectivity index (χ2v) is 3.29. The Hall–Kier alpha value is -2.11. The van der Waals surface area contributed by atoms with Crippen LogP contribution in [-0.4, -0.2) is 20.5 Å². The number of carbonyl (C=O) groups is 1. The van der Waals surface area contributed by atoms with Crippen molar-refractivity contribution in [1.29, 1.82) is 0 Å². The molecule has 1 amide bonds. The van der Waals surface area contributed by atoms with Gasteiger partial charge in [0.15, 0.2) is 0 Å². The van der Waals surface area contributed by atoms with Gasteiger partial charge in [0.1, 0.15) is 11.5 Å². The minimum Gasteiger partial charge on any atom is -0.326 e. The minimum atomic E-state index is -0.277. The molecule has 0 spiro atoms. The highest BCUT2D eigenvalue weighted by atomic mass is 16.1. The van der Waals surface area contributed by atoms with Crippen LogP contribution in [0.5, 0.6) is 0 Å². The van der Waals surface area contributed by atoms with E-state index in [1.54, 1.807) is 13.0 Å². The maximum Gasteiger partial charge on any atom is 0.276 e. The predicted octanol–water partition coefficient (Wildman–Crippen LogP) is 0.289. The lowest BCUT2D eigenvalue weighted by atomic mass is 10.5. The number of aryl methyl sites for hydroxylation is 1. The van der Waals surface area contributed by atoms with Crippen LogP contribution in [0, 0.1) is 6.92 Å². The Bertz CT molecular complexity index is 581. The summed E-state index contributed by atoms with van der Waals surface area (Å²) in [4.78, 5) is 25.2. The van der Waals surface area contributed by atoms with Crippen molar-refractivity contribution in [2.75, 3.05) is 5.32 Å². The quantitative estimate of drug-likeness (QED) is 0.703. The summed E-state index contributed by atoms with van der Waals surface area (Å²) >= 11 is 0. The first kappa shape index (κ1) is 9.45. The van der Waals surface area contributed by atoms with Gasteiger partial charge in [-0.25, -0.2) is 0 Å². The van der Waals surface area contributed by atoms with Crippen LogP contribution in [-0.2, 0) is 4.79 Å². The fraction of sp³-hybridized carbons (Fsp3) is 0.222. The van der Waals surface area contributed by atoms with E-state index in [0.29, 0.717) is 11.5 Å². The summed E-state index contributed by atoms with van der Waals surface area (Å²) in [5.41, 5.74) is 1.02. The first-order valence-corrected chi connectivity index (χ1v) is 4.43. The summed E-state index contributed by atoms with van der Waals surface area (Å²) in [5, 5.41) is 6.50. The zero-order valence-corrected chi connectivity index (χ0v) is 8.37. The molecule has 2 heterocycles. The zero-order valence-electron chi connectivity index (χ0n) is 8.37. The van der Waals surface area contributed by atoms with E-state index in [9.17, 15) is 9.59 Å². The van der Waals surface area contributed by atoms with Crippen LogP contribution in [0.2, 0.25) is 0 Å². The number of nitrogens with zero attached hydrogens (tertiary/aromatic N) is 2. The highest BCUT2D eigenvalue weighted by Gasteiger charge is 2.04. The van der Waals surface area contributed by atoms with E-state index < -0.39 is 0 Å². The maximum atomic E-state index is 11.5. The number of nitrogens with one attached hydrogen (secondary N) is 2. The van der Waals surface area contributed by atoms with Gasteiger partial charge in [-0.05, 0) is 6.92 Å². The summed E-state index contributed by atoms with van der Waals surface area (Å²) in [6.45, 7) is 3.17. The summed E-state index contributed by atoms with van der Waals surface area (Å²) < 4.78 is 1.25. The van der Waals surface area contributed by atoms with Gasteiger partial charge in [-0.2, -0.15) is 9.61 Å². The molecule has 0 unspecified atom stereocenters. The first-order chi connectivity index (χ1) is 7.06. The number of fused-ring (bicyclic) bond motifs is 1. The molecule has 2 rings (SSSR count). The minimum absolute atomic E-state index is 0.230. The molecular weight excluding hydrogens is 196 g/mol. The van der Waals surface area contributed by atoms with Gasteiger partial charge in [0.2, 0.25) is 5.91 Å². The number of aromatic nitrogens is 3. The molecule has 0 atom stereocenters. The van der Waals surface area contributed by atoms with E-state index in [1.165, 1.54) is 17.5 Å². The molecule has 0 fully saturated rings. The number of rotatable bonds is 1. The van der Waals surface area contributed by atoms with Gasteiger partial charge in [-0.1, -0.05) is 0 Å². The van der Waals surface area contributed by atoms with Crippen molar-refractivity contribution in [3.63, 3.8) is 0 Å². The van der Waals surface area contributed by atoms with Crippen LogP contribution in [0.25, 0.3) is 5.65 Å². The Labute approximate surface area is 84.9 Å². The predicted molar refractivity (Wildman–Crippen MR) is 54.9 cm³/mol. The molecule has 0 bridgehead atoms. The van der Waals surface area contributed by atoms with Gasteiger partial charge >= 0.3 is 0 Å². The van der Waals surface area contributed by atoms with E-state index in [1.807, 2.05) is 0 Å². The third-order valence-corrected chi connectivity index (χ3v) is 1.88. The maximum absolute atomic E-state index is 11.5. The molecule has 2 N–H and O–H groups in total. The van der Waals surface area contributed by atoms with Gasteiger partial charge in [0, 0.05) is 19.1 Å². The molecule has 6 nitrogen and oxygen atoms in total. The van der Waals surface area contributed by atoms with Crippen molar-refractivity contribution in [2.45, 2.75) is 13.8 Å². The molecule has 0 radical (unpaired) electrons. The monoisotopic (exact) mass is 206 g/mol. The van der Waals surface area contributed by atoms with E-state index in [0.717, 1.165) is 5.69 Å². The molecule has 2 aromatic rings. The largest absolute Gasteiger partial charge is 0.326 e. The Morgan fingerprint density at radius 3 is 2.93 bits per heavy atom. The van der Waals surface area contributed by atoms with Crippen molar-refractivity contribution >= 4 is 17.4 Å². The van der Waals surface area contributed by atoms with Crippen molar-refractivity contribution < 1.29 is 4.79 Å². The van der Waals surface area contributed by atoms with Crippen molar-refractivity contribution in [1.82, 2.24) is 14.6 Å². The molecular formula is C9H10N4O2. The number of anilines is 1. The van der Waals surface area contributed by atoms with E-state index in [2.05, 4.69) is 15.4 Å². The van der Waals surface area contributed by atoms with Gasteiger partial charge in [0.25, 0.3) is 5.56 Å². The number of hydrogen-bond donors (Lipinski definition) is 2. The standard InChI is InChI=1S/C9H10N4O2/c1-5-3-8-11-7(10-6(2)14)4-9(15)13(8)12-5/h3-4,11H,1-2H3,(H,10,14). The Morgan fingerprint density at radius 2 is 2.27 bits per heavy atom. The zero-order chi connectivity index (χ0) is 11.0. The van der Waals surface area contributed by atoms with Crippen LogP contribution in [0.4, 0.5) is 5.82 Å². The second kappa shape index (κ2) is 3.23. The van der Waals surface area contributed by atoms with Crippen molar-refractivity contribution in [2.24, 2.45) is 0 Å². The lowest BCUT2D eigenvalue weighted by Gasteiger charge is -2.01. The topological polar surface area (TPSA) is 79.3 Å². The number of amides is 1. The van der Waals surface area contributed by atoms with Gasteiger partial charge in [-0.15, -0.1) is 0 Å². The summed E-state index contributed by atoms with van der Waals surface area (Å²) in [7, 11) is 0. The summed E-state index contributed by atoms with van der Waals surface area (Å²) in [5.74, 6) is 0.145. The van der Waals surface area contributed by atoms with E-state index in [4.69, 9.17) is 0 Å². The Balaban J connectivity index is 2.61. The molecule has 0 aromatic carbocycles. The molecule has 6 heteroatoms. The van der Waals surface area contributed by atoms with Crippen LogP contribution < -0.4 is 10.9 Å². The summed E-state index contributed by atoms with van der Waals surface area (Å²) in [6.07, 6.45) is 0. The molecule has 0 saturated heterocycles. The fourth-order valence-corrected chi connectivity index (χ4v) is 1.37. The van der Waals surface area contributed by atoms with Crippen LogP contribution in [0.15, 0.2) is 16.9 Å². The Morgan fingerprint density at radius 1 is 1.53 bits per heavy atom. The van der Waals surface area contributed by atoms with Crippen LogP contribution >= 0.6 is 0 Å². The van der Waals surface area contributed by atoms with Gasteiger partial charge < -0.3 is 10.3 Å². The lowest BCUT2D eigenvalue weighted by molar-refractivity contribution is -0.114. The number of carbonyl (C=O) groups excluding carboxylic acids is 1. The summed E-state index contributed by atoms with van der Waals surface area (Å²) in [6, 6.07) is 3.02. The molecule has 2 aromatic heterocycles. The SMILES string of the molecule is CC(=O)Nc1cc(=O)n2nc(C)cc2[nH]1. The molecule has 0 saturated carbocycles. The fourth-order valence-electron chi connectivity index (χ4n) is 1.37. The van der Waals surface area contributed by atoms with Crippen LogP contribution in [0.1, 0.15) is 12.6 Å².